The van der Waals surface area contributed by atoms with Gasteiger partial charge in [0.15, 0.2) is 6.29 Å². The monoisotopic (exact) mass is 260 g/mol. The second kappa shape index (κ2) is 7.46. The standard InChI is InChI=1S/C17H24O2/c1-3-8-16-15(4-2)13-18-17(19-16)12-11-14-9-6-5-7-10-14/h5-7,9-12,15-17H,3-4,8,13H2,1-2H3/b12-11+. The van der Waals surface area contributed by atoms with E-state index >= 15 is 0 Å². The molecule has 104 valence electrons. The van der Waals surface area contributed by atoms with Crippen LogP contribution in [0.2, 0.25) is 0 Å². The fourth-order valence-corrected chi connectivity index (χ4v) is 2.47. The van der Waals surface area contributed by atoms with Gasteiger partial charge >= 0.3 is 0 Å². The van der Waals surface area contributed by atoms with Crippen LogP contribution in [0.4, 0.5) is 0 Å². The molecule has 0 N–H and O–H groups in total. The summed E-state index contributed by atoms with van der Waals surface area (Å²) >= 11 is 0. The maximum Gasteiger partial charge on any atom is 0.177 e. The van der Waals surface area contributed by atoms with Gasteiger partial charge in [0.2, 0.25) is 0 Å². The molecule has 0 spiro atoms. The van der Waals surface area contributed by atoms with Crippen LogP contribution in [-0.2, 0) is 9.47 Å². The van der Waals surface area contributed by atoms with Gasteiger partial charge in [-0.15, -0.1) is 0 Å². The minimum absolute atomic E-state index is 0.195. The first-order valence-corrected chi connectivity index (χ1v) is 7.33. The predicted octanol–water partition coefficient (Wildman–Crippen LogP) is 4.27. The van der Waals surface area contributed by atoms with Gasteiger partial charge in [-0.1, -0.05) is 56.7 Å². The third-order valence-electron chi connectivity index (χ3n) is 3.65. The molecule has 1 aromatic rings. The lowest BCUT2D eigenvalue weighted by Gasteiger charge is -2.35. The number of hydrogen-bond donors (Lipinski definition) is 0. The zero-order valence-corrected chi connectivity index (χ0v) is 11.9. The fraction of sp³-hybridized carbons (Fsp3) is 0.529. The molecule has 0 aromatic heterocycles. The molecule has 1 heterocycles. The molecule has 3 atom stereocenters. The van der Waals surface area contributed by atoms with Crippen molar-refractivity contribution in [2.24, 2.45) is 5.92 Å². The molecule has 1 aliphatic heterocycles. The average Bonchev–Trinajstić information content (AvgIpc) is 2.47. The van der Waals surface area contributed by atoms with Crippen molar-refractivity contribution in [3.05, 3.63) is 42.0 Å². The normalized spacial score (nSPS) is 27.8. The number of ether oxygens (including phenoxy) is 2. The minimum atomic E-state index is -0.195. The Kier molecular flexibility index (Phi) is 5.62. The van der Waals surface area contributed by atoms with Crippen LogP contribution in [0.5, 0.6) is 0 Å². The molecule has 0 amide bonds. The highest BCUT2D eigenvalue weighted by Gasteiger charge is 2.28. The summed E-state index contributed by atoms with van der Waals surface area (Å²) < 4.78 is 11.8. The lowest BCUT2D eigenvalue weighted by atomic mass is 9.96. The number of rotatable bonds is 5. The summed E-state index contributed by atoms with van der Waals surface area (Å²) in [5, 5.41) is 0. The molecule has 1 aliphatic rings. The van der Waals surface area contributed by atoms with Gasteiger partial charge in [0.1, 0.15) is 0 Å². The van der Waals surface area contributed by atoms with Crippen molar-refractivity contribution in [2.75, 3.05) is 6.61 Å². The largest absolute Gasteiger partial charge is 0.349 e. The molecule has 2 heteroatoms. The van der Waals surface area contributed by atoms with E-state index in [9.17, 15) is 0 Å². The Morgan fingerprint density at radius 2 is 2.00 bits per heavy atom. The molecule has 1 fully saturated rings. The van der Waals surface area contributed by atoms with Gasteiger partial charge in [-0.2, -0.15) is 0 Å². The second-order valence-electron chi connectivity index (χ2n) is 5.10. The van der Waals surface area contributed by atoms with Gasteiger partial charge in [-0.05, 0) is 24.5 Å². The van der Waals surface area contributed by atoms with Crippen molar-refractivity contribution in [1.82, 2.24) is 0 Å². The molecule has 19 heavy (non-hydrogen) atoms. The molecule has 0 saturated carbocycles. The number of benzene rings is 1. The number of hydrogen-bond acceptors (Lipinski definition) is 2. The molecule has 1 aromatic carbocycles. The van der Waals surface area contributed by atoms with Crippen LogP contribution < -0.4 is 0 Å². The molecule has 0 radical (unpaired) electrons. The first-order valence-electron chi connectivity index (χ1n) is 7.33. The highest BCUT2D eigenvalue weighted by molar-refractivity contribution is 5.48. The Balaban J connectivity index is 1.93. The second-order valence-corrected chi connectivity index (χ2v) is 5.10. The molecule has 2 rings (SSSR count). The molecule has 3 unspecified atom stereocenters. The lowest BCUT2D eigenvalue weighted by molar-refractivity contribution is -0.214. The SMILES string of the molecule is CCCC1OC(/C=C/c2ccccc2)OCC1CC. The Bertz CT molecular complexity index is 386. The highest BCUT2D eigenvalue weighted by Crippen LogP contribution is 2.25. The third kappa shape index (κ3) is 4.19. The fourth-order valence-electron chi connectivity index (χ4n) is 2.47. The van der Waals surface area contributed by atoms with E-state index in [1.54, 1.807) is 0 Å². The van der Waals surface area contributed by atoms with Gasteiger partial charge in [0.05, 0.1) is 12.7 Å². The summed E-state index contributed by atoms with van der Waals surface area (Å²) in [7, 11) is 0. The van der Waals surface area contributed by atoms with E-state index in [0.29, 0.717) is 12.0 Å². The van der Waals surface area contributed by atoms with E-state index < -0.39 is 0 Å². The smallest absolute Gasteiger partial charge is 0.177 e. The summed E-state index contributed by atoms with van der Waals surface area (Å²) in [5.41, 5.74) is 1.18. The third-order valence-corrected chi connectivity index (χ3v) is 3.65. The van der Waals surface area contributed by atoms with Crippen molar-refractivity contribution >= 4 is 6.08 Å². The summed E-state index contributed by atoms with van der Waals surface area (Å²) in [6, 6.07) is 10.3. The van der Waals surface area contributed by atoms with Crippen LogP contribution in [0.1, 0.15) is 38.7 Å². The van der Waals surface area contributed by atoms with Crippen molar-refractivity contribution in [3.8, 4) is 0 Å². The van der Waals surface area contributed by atoms with Crippen LogP contribution in [0.15, 0.2) is 36.4 Å². The molecular formula is C17H24O2. The van der Waals surface area contributed by atoms with Crippen molar-refractivity contribution < 1.29 is 9.47 Å². The van der Waals surface area contributed by atoms with E-state index in [1.807, 2.05) is 24.3 Å². The Labute approximate surface area is 116 Å². The molecule has 2 nitrogen and oxygen atoms in total. The summed E-state index contributed by atoms with van der Waals surface area (Å²) in [5.74, 6) is 0.543. The first-order chi connectivity index (χ1) is 9.33. The Morgan fingerprint density at radius 3 is 2.68 bits per heavy atom. The van der Waals surface area contributed by atoms with Crippen LogP contribution >= 0.6 is 0 Å². The predicted molar refractivity (Wildman–Crippen MR) is 78.8 cm³/mol. The Hall–Kier alpha value is -1.12. The van der Waals surface area contributed by atoms with Gasteiger partial charge in [0.25, 0.3) is 0 Å². The van der Waals surface area contributed by atoms with Gasteiger partial charge < -0.3 is 9.47 Å². The van der Waals surface area contributed by atoms with E-state index in [0.717, 1.165) is 25.9 Å². The zero-order valence-electron chi connectivity index (χ0n) is 11.9. The topological polar surface area (TPSA) is 18.5 Å². The first kappa shape index (κ1) is 14.3. The van der Waals surface area contributed by atoms with Crippen molar-refractivity contribution in [1.29, 1.82) is 0 Å². The Morgan fingerprint density at radius 1 is 1.21 bits per heavy atom. The molecule has 1 saturated heterocycles. The van der Waals surface area contributed by atoms with Crippen molar-refractivity contribution in [3.63, 3.8) is 0 Å². The van der Waals surface area contributed by atoms with E-state index in [-0.39, 0.29) is 6.29 Å². The van der Waals surface area contributed by atoms with Gasteiger partial charge in [-0.3, -0.25) is 0 Å². The molecular weight excluding hydrogens is 236 g/mol. The summed E-state index contributed by atoms with van der Waals surface area (Å²) in [6.45, 7) is 5.23. The van der Waals surface area contributed by atoms with E-state index in [1.165, 1.54) is 5.56 Å². The maximum absolute atomic E-state index is 6.04. The molecule has 0 aliphatic carbocycles. The van der Waals surface area contributed by atoms with Gasteiger partial charge in [-0.25, -0.2) is 0 Å². The average molecular weight is 260 g/mol. The summed E-state index contributed by atoms with van der Waals surface area (Å²) in [4.78, 5) is 0. The molecule has 0 bridgehead atoms. The van der Waals surface area contributed by atoms with Crippen molar-refractivity contribution in [2.45, 2.75) is 45.5 Å². The van der Waals surface area contributed by atoms with Gasteiger partial charge in [0, 0.05) is 5.92 Å². The minimum Gasteiger partial charge on any atom is -0.349 e. The van der Waals surface area contributed by atoms with E-state index in [4.69, 9.17) is 9.47 Å². The lowest BCUT2D eigenvalue weighted by Crippen LogP contribution is -2.38. The van der Waals surface area contributed by atoms with Crippen LogP contribution in [0, 0.1) is 5.92 Å². The van der Waals surface area contributed by atoms with Crippen LogP contribution in [0.25, 0.3) is 6.08 Å². The quantitative estimate of drug-likeness (QED) is 0.787. The summed E-state index contributed by atoms with van der Waals surface area (Å²) in [6.07, 6.45) is 7.64. The van der Waals surface area contributed by atoms with E-state index in [2.05, 4.69) is 32.1 Å². The highest BCUT2D eigenvalue weighted by atomic mass is 16.7. The zero-order chi connectivity index (χ0) is 13.5. The maximum atomic E-state index is 6.04. The van der Waals surface area contributed by atoms with Crippen LogP contribution in [-0.4, -0.2) is 19.0 Å². The van der Waals surface area contributed by atoms with Crippen LogP contribution in [0.3, 0.4) is 0 Å².